The highest BCUT2D eigenvalue weighted by atomic mass is 16.3. The molecule has 0 atom stereocenters. The van der Waals surface area contributed by atoms with Crippen LogP contribution in [0, 0.1) is 12.5 Å². The van der Waals surface area contributed by atoms with Crippen molar-refractivity contribution in [1.82, 2.24) is 4.98 Å². The summed E-state index contributed by atoms with van der Waals surface area (Å²) in [5, 5.41) is 0. The number of rotatable bonds is 0. The number of hydrogen-bond donors (Lipinski definition) is 0. The van der Waals surface area contributed by atoms with Crippen LogP contribution in [0.4, 0.5) is 0 Å². The van der Waals surface area contributed by atoms with Crippen molar-refractivity contribution in [1.29, 1.82) is 0 Å². The number of nitrogens with zero attached hydrogens (tertiary/aromatic N) is 1. The van der Waals surface area contributed by atoms with E-state index >= 15 is 0 Å². The Balaban J connectivity index is 3.13. The molecule has 0 N–H and O–H groups in total. The van der Waals surface area contributed by atoms with E-state index in [1.807, 2.05) is 0 Å². The lowest BCUT2D eigenvalue weighted by molar-refractivity contribution is 0.549. The third-order valence-electron chi connectivity index (χ3n) is 0.275. The zero-order valence-electron chi connectivity index (χ0n) is 2.43. The minimum atomic E-state index is 1.26. The summed E-state index contributed by atoms with van der Waals surface area (Å²) in [7, 11) is 0. The summed E-state index contributed by atoms with van der Waals surface area (Å²) in [6.45, 7) is 0. The van der Waals surface area contributed by atoms with E-state index in [4.69, 9.17) is 0 Å². The fraction of sp³-hybridized carbons (Fsp3) is 0. The summed E-state index contributed by atoms with van der Waals surface area (Å²) >= 11 is 0. The summed E-state index contributed by atoms with van der Waals surface area (Å²) < 4.78 is 4.29. The molecular formula is C3HNO. The molecule has 1 rings (SSSR count). The molecule has 2 nitrogen and oxygen atoms in total. The van der Waals surface area contributed by atoms with Gasteiger partial charge in [-0.3, -0.25) is 0 Å². The molecule has 1 heterocycles. The van der Waals surface area contributed by atoms with Crippen molar-refractivity contribution in [3.63, 3.8) is 0 Å². The Morgan fingerprint density at radius 2 is 2.80 bits per heavy atom. The van der Waals surface area contributed by atoms with Crippen LogP contribution in [0.15, 0.2) is 10.8 Å². The number of aromatic nitrogens is 1. The maximum atomic E-state index is 4.29. The van der Waals surface area contributed by atoms with E-state index < -0.39 is 0 Å². The van der Waals surface area contributed by atoms with Crippen LogP contribution in [0.25, 0.3) is 0 Å². The minimum Gasteiger partial charge on any atom is -0.439 e. The first-order valence-corrected chi connectivity index (χ1v) is 1.17. The molecule has 1 aromatic heterocycles. The van der Waals surface area contributed by atoms with Crippen LogP contribution in [0.3, 0.4) is 0 Å². The molecule has 24 valence electrons. The zero-order chi connectivity index (χ0) is 3.54. The predicted molar refractivity (Wildman–Crippen MR) is 14.2 cm³/mol. The Morgan fingerprint density at radius 3 is 3.00 bits per heavy atom. The summed E-state index contributed by atoms with van der Waals surface area (Å²) in [6.07, 6.45) is 5.83. The van der Waals surface area contributed by atoms with E-state index in [0.29, 0.717) is 0 Å². The predicted octanol–water partition coefficient (Wildman–Crippen LogP) is 0.275. The second-order valence-corrected chi connectivity index (χ2v) is 0.566. The lowest BCUT2D eigenvalue weighted by Crippen LogP contribution is -1.40. The second kappa shape index (κ2) is 0.885. The van der Waals surface area contributed by atoms with Crippen molar-refractivity contribution in [2.45, 2.75) is 0 Å². The maximum Gasteiger partial charge on any atom is 0.201 e. The van der Waals surface area contributed by atoms with Gasteiger partial charge in [0.1, 0.15) is 6.20 Å². The average Bonchev–Trinajstić information content (AvgIpc) is 1.76. The molecule has 0 unspecified atom stereocenters. The molecule has 1 aromatic rings. The van der Waals surface area contributed by atoms with Gasteiger partial charge in [0.2, 0.25) is 6.26 Å². The third-order valence-corrected chi connectivity index (χ3v) is 0.275. The van der Waals surface area contributed by atoms with Crippen molar-refractivity contribution < 1.29 is 4.42 Å². The molecule has 0 spiro atoms. The Labute approximate surface area is 29.4 Å². The summed E-state index contributed by atoms with van der Waals surface area (Å²) in [5.41, 5.74) is 0. The molecule has 0 aliphatic rings. The highest BCUT2D eigenvalue weighted by Gasteiger charge is 1.63. The lowest BCUT2D eigenvalue weighted by atomic mass is 11.0. The SMILES string of the molecule is [c]1[c]ocn1. The van der Waals surface area contributed by atoms with Crippen molar-refractivity contribution in [3.05, 3.63) is 18.9 Å². The molecule has 0 fully saturated rings. The molecule has 0 saturated carbocycles. The van der Waals surface area contributed by atoms with Gasteiger partial charge in [-0.05, 0) is 0 Å². The molecule has 2 heteroatoms. The summed E-state index contributed by atoms with van der Waals surface area (Å²) in [6, 6.07) is 0. The van der Waals surface area contributed by atoms with Crippen LogP contribution in [0.2, 0.25) is 0 Å². The molecule has 0 saturated heterocycles. The van der Waals surface area contributed by atoms with Gasteiger partial charge in [0.15, 0.2) is 6.39 Å². The quantitative estimate of drug-likeness (QED) is 0.435. The first kappa shape index (κ1) is 2.45. The van der Waals surface area contributed by atoms with Gasteiger partial charge in [-0.1, -0.05) is 0 Å². The Kier molecular flexibility index (Phi) is 0.433. The first-order chi connectivity index (χ1) is 2.50. The van der Waals surface area contributed by atoms with Crippen LogP contribution in [-0.2, 0) is 0 Å². The molecule has 0 aliphatic heterocycles. The normalized spacial score (nSPS) is 8.00. The van der Waals surface area contributed by atoms with Gasteiger partial charge >= 0.3 is 0 Å². The Hall–Kier alpha value is -0.790. The van der Waals surface area contributed by atoms with Crippen LogP contribution in [0.1, 0.15) is 0 Å². The highest BCUT2D eigenvalue weighted by Crippen LogP contribution is 1.68. The largest absolute Gasteiger partial charge is 0.439 e. The third kappa shape index (κ3) is 0.265. The van der Waals surface area contributed by atoms with Crippen molar-refractivity contribution in [2.75, 3.05) is 0 Å². The fourth-order valence-corrected chi connectivity index (χ4v) is 0.132. The van der Waals surface area contributed by atoms with Crippen molar-refractivity contribution >= 4 is 0 Å². The smallest absolute Gasteiger partial charge is 0.201 e. The van der Waals surface area contributed by atoms with E-state index in [2.05, 4.69) is 21.9 Å². The van der Waals surface area contributed by atoms with Gasteiger partial charge < -0.3 is 4.42 Å². The van der Waals surface area contributed by atoms with Crippen LogP contribution < -0.4 is 0 Å². The Morgan fingerprint density at radius 1 is 1.80 bits per heavy atom. The highest BCUT2D eigenvalue weighted by molar-refractivity contribution is 4.49. The lowest BCUT2D eigenvalue weighted by Gasteiger charge is -1.45. The molecule has 0 aliphatic carbocycles. The Bertz CT molecular complexity index is 63.4. The second-order valence-electron chi connectivity index (χ2n) is 0.566. The first-order valence-electron chi connectivity index (χ1n) is 1.17. The van der Waals surface area contributed by atoms with Crippen molar-refractivity contribution in [3.8, 4) is 0 Å². The minimum absolute atomic E-state index is 1.26. The van der Waals surface area contributed by atoms with Gasteiger partial charge in [0.25, 0.3) is 0 Å². The zero-order valence-corrected chi connectivity index (χ0v) is 2.43. The van der Waals surface area contributed by atoms with E-state index in [9.17, 15) is 0 Å². The van der Waals surface area contributed by atoms with Crippen molar-refractivity contribution in [2.24, 2.45) is 0 Å². The molecule has 0 amide bonds. The molecule has 2 radical (unpaired) electrons. The van der Waals surface area contributed by atoms with Gasteiger partial charge in [-0.25, -0.2) is 4.98 Å². The van der Waals surface area contributed by atoms with Crippen LogP contribution >= 0.6 is 0 Å². The van der Waals surface area contributed by atoms with E-state index in [1.54, 1.807) is 0 Å². The fourth-order valence-electron chi connectivity index (χ4n) is 0.132. The van der Waals surface area contributed by atoms with E-state index in [0.717, 1.165) is 0 Å². The molecule has 5 heavy (non-hydrogen) atoms. The summed E-state index contributed by atoms with van der Waals surface area (Å²) in [5.74, 6) is 0. The molecule has 0 aromatic carbocycles. The summed E-state index contributed by atoms with van der Waals surface area (Å²) in [4.78, 5) is 3.38. The van der Waals surface area contributed by atoms with Gasteiger partial charge in [0, 0.05) is 0 Å². The van der Waals surface area contributed by atoms with Gasteiger partial charge in [-0.2, -0.15) is 0 Å². The number of hydrogen-bond acceptors (Lipinski definition) is 2. The van der Waals surface area contributed by atoms with E-state index in [1.165, 1.54) is 6.39 Å². The monoisotopic (exact) mass is 67.0 g/mol. The van der Waals surface area contributed by atoms with E-state index in [-0.39, 0.29) is 0 Å². The maximum absolute atomic E-state index is 4.29. The van der Waals surface area contributed by atoms with Gasteiger partial charge in [-0.15, -0.1) is 0 Å². The number of oxazole rings is 1. The van der Waals surface area contributed by atoms with Crippen LogP contribution in [-0.4, -0.2) is 4.98 Å². The van der Waals surface area contributed by atoms with Crippen LogP contribution in [0.5, 0.6) is 0 Å². The average molecular weight is 67.0 g/mol. The standard InChI is InChI=1S/C3HNO/c1-2-5-3-4-1/h3H. The molecule has 0 bridgehead atoms. The molecular weight excluding hydrogens is 66.0 g/mol. The van der Waals surface area contributed by atoms with Gasteiger partial charge in [0.05, 0.1) is 0 Å². The topological polar surface area (TPSA) is 26.0 Å².